The van der Waals surface area contributed by atoms with Gasteiger partial charge in [-0.05, 0) is 93.0 Å². The highest BCUT2D eigenvalue weighted by atomic mass is 32.2. The zero-order chi connectivity index (χ0) is 34.8. The van der Waals surface area contributed by atoms with Gasteiger partial charge in [0.2, 0.25) is 10.0 Å². The minimum Gasteiger partial charge on any atom is -0.491 e. The highest BCUT2D eigenvalue weighted by molar-refractivity contribution is 7.92. The van der Waals surface area contributed by atoms with E-state index in [1.807, 2.05) is 44.2 Å². The number of ether oxygens (including phenoxy) is 3. The molecule has 3 aliphatic rings. The number of aliphatic hydroxyl groups is 1. The van der Waals surface area contributed by atoms with E-state index in [4.69, 9.17) is 19.9 Å². The summed E-state index contributed by atoms with van der Waals surface area (Å²) in [5.74, 6) is 0.735. The molecule has 266 valence electrons. The third kappa shape index (κ3) is 8.30. The number of sulfone groups is 1. The van der Waals surface area contributed by atoms with E-state index in [2.05, 4.69) is 5.32 Å². The fraction of sp³-hybridized carbons (Fsp3) is 0.500. The largest absolute Gasteiger partial charge is 0.491 e. The van der Waals surface area contributed by atoms with Crippen molar-refractivity contribution in [2.24, 2.45) is 5.73 Å². The van der Waals surface area contributed by atoms with Gasteiger partial charge in [-0.2, -0.15) is 4.31 Å². The molecule has 1 saturated carbocycles. The van der Waals surface area contributed by atoms with Gasteiger partial charge < -0.3 is 30.4 Å². The van der Waals surface area contributed by atoms with Gasteiger partial charge in [-0.1, -0.05) is 36.4 Å². The molecule has 3 aromatic carbocycles. The van der Waals surface area contributed by atoms with Crippen LogP contribution in [0.3, 0.4) is 0 Å². The van der Waals surface area contributed by atoms with Crippen molar-refractivity contribution in [3.8, 4) is 22.6 Å². The number of aliphatic hydroxyl groups excluding tert-OH is 1. The molecule has 0 aromatic heterocycles. The molecule has 6 rings (SSSR count). The van der Waals surface area contributed by atoms with Crippen LogP contribution in [0.5, 0.6) is 11.5 Å². The predicted molar refractivity (Wildman–Crippen MR) is 187 cm³/mol. The SMILES string of the molecule is CC(C)Oc1ccc(-c2ccc(CN)cc2)cc1S(=O)(=O)N1CCC2(CC1)C[C@@H](NC[C@H](O)COc1cccc(S(=O)(=O)C3CC3)c1)CO2. The lowest BCUT2D eigenvalue weighted by Gasteiger charge is -2.38. The van der Waals surface area contributed by atoms with E-state index < -0.39 is 31.6 Å². The third-order valence-electron chi connectivity index (χ3n) is 9.47. The van der Waals surface area contributed by atoms with E-state index in [0.29, 0.717) is 69.8 Å². The van der Waals surface area contributed by atoms with Crippen LogP contribution in [0.1, 0.15) is 51.5 Å². The maximum atomic E-state index is 14.1. The fourth-order valence-electron chi connectivity index (χ4n) is 6.54. The number of nitrogens with zero attached hydrogens (tertiary/aromatic N) is 1. The summed E-state index contributed by atoms with van der Waals surface area (Å²) in [5, 5.41) is 13.7. The Bertz CT molecular complexity index is 1820. The molecule has 0 bridgehead atoms. The van der Waals surface area contributed by atoms with E-state index in [-0.39, 0.29) is 40.3 Å². The normalized spacial score (nSPS) is 20.5. The van der Waals surface area contributed by atoms with Crippen molar-refractivity contribution in [3.63, 3.8) is 0 Å². The first-order valence-electron chi connectivity index (χ1n) is 17.0. The molecule has 0 radical (unpaired) electrons. The van der Waals surface area contributed by atoms with Crippen molar-refractivity contribution in [3.05, 3.63) is 72.3 Å². The molecule has 3 aromatic rings. The standard InChI is InChI=1S/C36H47N3O8S2/c1-25(2)47-34-13-10-28(27-8-6-26(21-37)7-9-27)18-35(34)49(43,44)39-16-14-36(15-17-39)20-29(23-46-36)38-22-30(40)24-45-31-4-3-5-33(19-31)48(41,42)32-11-12-32/h3-10,13,18-19,25,29-30,32,38,40H,11-12,14-17,20-24,37H2,1-2H3/t29-,30+/m1/s1. The Morgan fingerprint density at radius 1 is 1.00 bits per heavy atom. The smallest absolute Gasteiger partial charge is 0.246 e. The van der Waals surface area contributed by atoms with Crippen LogP contribution in [0.2, 0.25) is 0 Å². The van der Waals surface area contributed by atoms with Crippen molar-refractivity contribution in [2.75, 3.05) is 32.8 Å². The number of rotatable bonds is 14. The van der Waals surface area contributed by atoms with E-state index in [9.17, 15) is 21.9 Å². The molecular weight excluding hydrogens is 667 g/mol. The zero-order valence-electron chi connectivity index (χ0n) is 28.1. The van der Waals surface area contributed by atoms with Gasteiger partial charge in [0.05, 0.1) is 28.5 Å². The van der Waals surface area contributed by atoms with Gasteiger partial charge in [-0.15, -0.1) is 0 Å². The minimum atomic E-state index is -3.87. The molecule has 2 heterocycles. The van der Waals surface area contributed by atoms with Crippen LogP contribution in [0.25, 0.3) is 11.1 Å². The van der Waals surface area contributed by atoms with Crippen LogP contribution >= 0.6 is 0 Å². The molecule has 4 N–H and O–H groups in total. The van der Waals surface area contributed by atoms with Crippen LogP contribution in [-0.2, 0) is 31.1 Å². The van der Waals surface area contributed by atoms with Crippen LogP contribution in [-0.4, -0.2) is 88.2 Å². The van der Waals surface area contributed by atoms with Crippen molar-refractivity contribution in [2.45, 2.75) is 91.4 Å². The van der Waals surface area contributed by atoms with Gasteiger partial charge in [-0.25, -0.2) is 16.8 Å². The summed E-state index contributed by atoms with van der Waals surface area (Å²) in [6, 6.07) is 19.5. The Hall–Kier alpha value is -3.04. The van der Waals surface area contributed by atoms with Crippen molar-refractivity contribution in [1.29, 1.82) is 0 Å². The summed E-state index contributed by atoms with van der Waals surface area (Å²) in [4.78, 5) is 0.399. The van der Waals surface area contributed by atoms with E-state index in [1.165, 1.54) is 10.4 Å². The summed E-state index contributed by atoms with van der Waals surface area (Å²) in [6.45, 7) is 5.55. The second-order valence-corrected chi connectivity index (χ2v) is 17.8. The first-order valence-corrected chi connectivity index (χ1v) is 20.0. The number of hydrogen-bond donors (Lipinski definition) is 3. The molecule has 0 unspecified atom stereocenters. The number of nitrogens with one attached hydrogen (secondary N) is 1. The van der Waals surface area contributed by atoms with Crippen molar-refractivity contribution < 1.29 is 36.2 Å². The summed E-state index contributed by atoms with van der Waals surface area (Å²) in [7, 11) is -7.19. The first kappa shape index (κ1) is 35.8. The molecule has 13 heteroatoms. The fourth-order valence-corrected chi connectivity index (χ4v) is 9.81. The first-order chi connectivity index (χ1) is 23.4. The summed E-state index contributed by atoms with van der Waals surface area (Å²) >= 11 is 0. The van der Waals surface area contributed by atoms with Crippen LogP contribution in [0.4, 0.5) is 0 Å². The number of nitrogens with two attached hydrogens (primary N) is 1. The predicted octanol–water partition coefficient (Wildman–Crippen LogP) is 3.88. The summed E-state index contributed by atoms with van der Waals surface area (Å²) in [6.07, 6.45) is 2.17. The lowest BCUT2D eigenvalue weighted by molar-refractivity contribution is -0.0312. The van der Waals surface area contributed by atoms with Crippen LogP contribution in [0, 0.1) is 0 Å². The molecule has 2 atom stereocenters. The number of benzene rings is 3. The zero-order valence-corrected chi connectivity index (χ0v) is 29.7. The Balaban J connectivity index is 1.03. The lowest BCUT2D eigenvalue weighted by Crippen LogP contribution is -2.47. The Morgan fingerprint density at radius 2 is 1.71 bits per heavy atom. The van der Waals surface area contributed by atoms with Crippen molar-refractivity contribution >= 4 is 19.9 Å². The molecule has 3 fully saturated rings. The topological polar surface area (TPSA) is 157 Å². The van der Waals surface area contributed by atoms with Gasteiger partial charge in [0.25, 0.3) is 0 Å². The van der Waals surface area contributed by atoms with Crippen LogP contribution < -0.4 is 20.5 Å². The molecule has 2 aliphatic heterocycles. The monoisotopic (exact) mass is 713 g/mol. The molecule has 2 saturated heterocycles. The quantitative estimate of drug-likeness (QED) is 0.224. The maximum absolute atomic E-state index is 14.1. The third-order valence-corrected chi connectivity index (χ3v) is 13.7. The second-order valence-electron chi connectivity index (χ2n) is 13.6. The molecule has 11 nitrogen and oxygen atoms in total. The van der Waals surface area contributed by atoms with Gasteiger partial charge in [0, 0.05) is 32.2 Å². The van der Waals surface area contributed by atoms with Gasteiger partial charge >= 0.3 is 0 Å². The average molecular weight is 714 g/mol. The number of piperidine rings is 1. The highest BCUT2D eigenvalue weighted by Gasteiger charge is 2.45. The van der Waals surface area contributed by atoms with E-state index in [1.54, 1.807) is 30.3 Å². The maximum Gasteiger partial charge on any atom is 0.246 e. The highest BCUT2D eigenvalue weighted by Crippen LogP contribution is 2.40. The van der Waals surface area contributed by atoms with E-state index in [0.717, 1.165) is 16.7 Å². The van der Waals surface area contributed by atoms with Gasteiger partial charge in [-0.3, -0.25) is 0 Å². The Morgan fingerprint density at radius 3 is 2.39 bits per heavy atom. The molecule has 0 amide bonds. The van der Waals surface area contributed by atoms with E-state index >= 15 is 0 Å². The Kier molecular flexibility index (Phi) is 10.7. The van der Waals surface area contributed by atoms with Gasteiger partial charge in [0.1, 0.15) is 29.1 Å². The summed E-state index contributed by atoms with van der Waals surface area (Å²) < 4.78 is 72.8. The second kappa shape index (κ2) is 14.7. The minimum absolute atomic E-state index is 0.00166. The lowest BCUT2D eigenvalue weighted by atomic mass is 9.88. The van der Waals surface area contributed by atoms with Gasteiger partial charge in [0.15, 0.2) is 9.84 Å². The average Bonchev–Trinajstić information content (AvgIpc) is 3.89. The molecule has 1 spiro atoms. The van der Waals surface area contributed by atoms with Crippen molar-refractivity contribution in [1.82, 2.24) is 9.62 Å². The molecular formula is C36H47N3O8S2. The number of hydrogen-bond acceptors (Lipinski definition) is 10. The molecule has 1 aliphatic carbocycles. The number of sulfonamides is 1. The Labute approximate surface area is 289 Å². The van der Waals surface area contributed by atoms with Crippen LogP contribution in [0.15, 0.2) is 76.5 Å². The molecule has 49 heavy (non-hydrogen) atoms. The summed E-state index contributed by atoms with van der Waals surface area (Å²) in [5.41, 5.74) is 7.98.